The Balaban J connectivity index is 2.80. The molecule has 0 aliphatic heterocycles. The molecule has 0 unspecified atom stereocenters. The van der Waals surface area contributed by atoms with Gasteiger partial charge in [0, 0.05) is 0 Å². The molecular weight excluding hydrogens is 200 g/mol. The number of hydrogen-bond donors (Lipinski definition) is 0. The van der Waals surface area contributed by atoms with Crippen molar-refractivity contribution in [3.05, 3.63) is 33.7 Å². The SMILES string of the molecule is CCc1cc(Cl)c2scc(C)c2c1. The van der Waals surface area contributed by atoms with Gasteiger partial charge >= 0.3 is 0 Å². The Hall–Kier alpha value is -0.530. The molecule has 0 bridgehead atoms. The number of fused-ring (bicyclic) bond motifs is 1. The maximum atomic E-state index is 6.16. The lowest BCUT2D eigenvalue weighted by Crippen LogP contribution is -1.80. The summed E-state index contributed by atoms with van der Waals surface area (Å²) in [4.78, 5) is 0. The van der Waals surface area contributed by atoms with E-state index in [9.17, 15) is 0 Å². The summed E-state index contributed by atoms with van der Waals surface area (Å²) in [7, 11) is 0. The molecule has 0 N–H and O–H groups in total. The Morgan fingerprint density at radius 2 is 2.15 bits per heavy atom. The highest BCUT2D eigenvalue weighted by Gasteiger charge is 2.05. The Labute approximate surface area is 87.2 Å². The van der Waals surface area contributed by atoms with Crippen LogP contribution in [0.1, 0.15) is 18.1 Å². The normalized spacial score (nSPS) is 11.0. The largest absolute Gasteiger partial charge is 0.142 e. The molecule has 1 aromatic carbocycles. The summed E-state index contributed by atoms with van der Waals surface area (Å²) < 4.78 is 1.22. The van der Waals surface area contributed by atoms with E-state index in [4.69, 9.17) is 11.6 Å². The van der Waals surface area contributed by atoms with Crippen LogP contribution in [0.5, 0.6) is 0 Å². The van der Waals surface area contributed by atoms with E-state index in [-0.39, 0.29) is 0 Å². The zero-order valence-corrected chi connectivity index (χ0v) is 9.30. The second kappa shape index (κ2) is 3.32. The number of halogens is 1. The summed E-state index contributed by atoms with van der Waals surface area (Å²) >= 11 is 7.89. The van der Waals surface area contributed by atoms with Gasteiger partial charge in [0.25, 0.3) is 0 Å². The van der Waals surface area contributed by atoms with E-state index in [1.54, 1.807) is 11.3 Å². The van der Waals surface area contributed by atoms with Crippen LogP contribution in [0.2, 0.25) is 5.02 Å². The molecule has 0 fully saturated rings. The van der Waals surface area contributed by atoms with Crippen molar-refractivity contribution in [3.63, 3.8) is 0 Å². The van der Waals surface area contributed by atoms with Crippen molar-refractivity contribution >= 4 is 33.0 Å². The first kappa shape index (κ1) is 9.04. The van der Waals surface area contributed by atoms with Crippen LogP contribution in [0.25, 0.3) is 10.1 Å². The lowest BCUT2D eigenvalue weighted by atomic mass is 10.1. The molecule has 13 heavy (non-hydrogen) atoms. The number of rotatable bonds is 1. The van der Waals surface area contributed by atoms with E-state index in [1.165, 1.54) is 21.2 Å². The van der Waals surface area contributed by atoms with Crippen molar-refractivity contribution in [2.45, 2.75) is 20.3 Å². The van der Waals surface area contributed by atoms with Crippen LogP contribution in [0, 0.1) is 6.92 Å². The molecule has 0 nitrogen and oxygen atoms in total. The second-order valence-corrected chi connectivity index (χ2v) is 4.51. The van der Waals surface area contributed by atoms with E-state index in [0.29, 0.717) is 0 Å². The minimum absolute atomic E-state index is 0.896. The van der Waals surface area contributed by atoms with E-state index >= 15 is 0 Å². The van der Waals surface area contributed by atoms with Crippen molar-refractivity contribution in [2.24, 2.45) is 0 Å². The smallest absolute Gasteiger partial charge is 0.0587 e. The van der Waals surface area contributed by atoms with Gasteiger partial charge in [-0.1, -0.05) is 18.5 Å². The van der Waals surface area contributed by atoms with E-state index in [2.05, 4.69) is 31.4 Å². The van der Waals surface area contributed by atoms with Gasteiger partial charge in [-0.05, 0) is 47.4 Å². The van der Waals surface area contributed by atoms with Crippen LogP contribution in [0.15, 0.2) is 17.5 Å². The summed E-state index contributed by atoms with van der Waals surface area (Å²) in [6.45, 7) is 4.29. The molecule has 0 aliphatic carbocycles. The summed E-state index contributed by atoms with van der Waals surface area (Å²) in [6, 6.07) is 4.31. The fraction of sp³-hybridized carbons (Fsp3) is 0.273. The maximum Gasteiger partial charge on any atom is 0.0587 e. The van der Waals surface area contributed by atoms with E-state index in [0.717, 1.165) is 11.4 Å². The minimum atomic E-state index is 0.896. The van der Waals surface area contributed by atoms with E-state index < -0.39 is 0 Å². The fourth-order valence-corrected chi connectivity index (χ4v) is 2.79. The quantitative estimate of drug-likeness (QED) is 0.654. The van der Waals surface area contributed by atoms with Gasteiger partial charge in [0.05, 0.1) is 9.72 Å². The predicted molar refractivity (Wildman–Crippen MR) is 61.0 cm³/mol. The standard InChI is InChI=1S/C11H11ClS/c1-3-8-4-9-7(2)6-13-11(9)10(12)5-8/h4-6H,3H2,1-2H3. The van der Waals surface area contributed by atoms with Crippen LogP contribution in [-0.2, 0) is 6.42 Å². The van der Waals surface area contributed by atoms with Gasteiger partial charge in [-0.2, -0.15) is 0 Å². The van der Waals surface area contributed by atoms with Gasteiger partial charge in [-0.25, -0.2) is 0 Å². The number of aryl methyl sites for hydroxylation is 2. The molecule has 2 heteroatoms. The topological polar surface area (TPSA) is 0 Å². The first-order valence-corrected chi connectivity index (χ1v) is 5.64. The van der Waals surface area contributed by atoms with Crippen molar-refractivity contribution in [2.75, 3.05) is 0 Å². The third kappa shape index (κ3) is 1.47. The molecule has 0 saturated heterocycles. The molecule has 2 rings (SSSR count). The lowest BCUT2D eigenvalue weighted by Gasteiger charge is -2.00. The average molecular weight is 211 g/mol. The van der Waals surface area contributed by atoms with Crippen LogP contribution >= 0.6 is 22.9 Å². The number of thiophene rings is 1. The van der Waals surface area contributed by atoms with Gasteiger partial charge in [-0.15, -0.1) is 11.3 Å². The third-order valence-corrected chi connectivity index (χ3v) is 3.85. The van der Waals surface area contributed by atoms with Gasteiger partial charge in [0.1, 0.15) is 0 Å². The molecule has 1 aromatic heterocycles. The monoisotopic (exact) mass is 210 g/mol. The van der Waals surface area contributed by atoms with Crippen molar-refractivity contribution in [1.82, 2.24) is 0 Å². The molecule has 0 amide bonds. The Morgan fingerprint density at radius 1 is 1.38 bits per heavy atom. The zero-order valence-electron chi connectivity index (χ0n) is 7.73. The molecule has 2 aromatic rings. The third-order valence-electron chi connectivity index (χ3n) is 2.29. The molecular formula is C11H11ClS. The summed E-state index contributed by atoms with van der Waals surface area (Å²) in [5, 5.41) is 4.37. The average Bonchev–Trinajstić information content (AvgIpc) is 2.48. The van der Waals surface area contributed by atoms with Crippen LogP contribution in [0.4, 0.5) is 0 Å². The molecule has 1 heterocycles. The Morgan fingerprint density at radius 3 is 2.85 bits per heavy atom. The second-order valence-electron chi connectivity index (χ2n) is 3.23. The maximum absolute atomic E-state index is 6.16. The number of hydrogen-bond acceptors (Lipinski definition) is 1. The first-order chi connectivity index (χ1) is 6.22. The summed E-state index contributed by atoms with van der Waals surface area (Å²) in [6.07, 6.45) is 1.05. The molecule has 0 aliphatic rings. The first-order valence-electron chi connectivity index (χ1n) is 4.38. The van der Waals surface area contributed by atoms with Gasteiger partial charge in [-0.3, -0.25) is 0 Å². The molecule has 68 valence electrons. The fourth-order valence-electron chi connectivity index (χ4n) is 1.48. The lowest BCUT2D eigenvalue weighted by molar-refractivity contribution is 1.15. The molecule has 0 atom stereocenters. The highest BCUT2D eigenvalue weighted by molar-refractivity contribution is 7.18. The van der Waals surface area contributed by atoms with Gasteiger partial charge < -0.3 is 0 Å². The van der Waals surface area contributed by atoms with Crippen molar-refractivity contribution in [1.29, 1.82) is 0 Å². The predicted octanol–water partition coefficient (Wildman–Crippen LogP) is 4.43. The van der Waals surface area contributed by atoms with Crippen LogP contribution < -0.4 is 0 Å². The summed E-state index contributed by atoms with van der Waals surface area (Å²) in [5.41, 5.74) is 2.65. The summed E-state index contributed by atoms with van der Waals surface area (Å²) in [5.74, 6) is 0. The minimum Gasteiger partial charge on any atom is -0.142 e. The molecule has 0 spiro atoms. The van der Waals surface area contributed by atoms with E-state index in [1.807, 2.05) is 0 Å². The van der Waals surface area contributed by atoms with Crippen molar-refractivity contribution in [3.8, 4) is 0 Å². The van der Waals surface area contributed by atoms with Gasteiger partial charge in [0.2, 0.25) is 0 Å². The van der Waals surface area contributed by atoms with Gasteiger partial charge in [0.15, 0.2) is 0 Å². The highest BCUT2D eigenvalue weighted by Crippen LogP contribution is 2.32. The Bertz CT molecular complexity index is 443. The highest BCUT2D eigenvalue weighted by atomic mass is 35.5. The van der Waals surface area contributed by atoms with Crippen molar-refractivity contribution < 1.29 is 0 Å². The molecule has 0 radical (unpaired) electrons. The number of benzene rings is 1. The zero-order chi connectivity index (χ0) is 9.42. The molecule has 0 saturated carbocycles. The van der Waals surface area contributed by atoms with Crippen LogP contribution in [-0.4, -0.2) is 0 Å². The Kier molecular flexibility index (Phi) is 2.31. The van der Waals surface area contributed by atoms with Crippen LogP contribution in [0.3, 0.4) is 0 Å².